The van der Waals surface area contributed by atoms with E-state index in [4.69, 9.17) is 0 Å². The van der Waals surface area contributed by atoms with Gasteiger partial charge in [0.1, 0.15) is 5.82 Å². The zero-order valence-electron chi connectivity index (χ0n) is 12.6. The summed E-state index contributed by atoms with van der Waals surface area (Å²) in [6.07, 6.45) is 2.24. The molecule has 0 saturated carbocycles. The van der Waals surface area contributed by atoms with Crippen molar-refractivity contribution >= 4 is 0 Å². The van der Waals surface area contributed by atoms with Crippen molar-refractivity contribution in [1.29, 1.82) is 0 Å². The second kappa shape index (κ2) is 7.11. The lowest BCUT2D eigenvalue weighted by atomic mass is 10.1. The van der Waals surface area contributed by atoms with E-state index in [1.165, 1.54) is 12.3 Å². The Kier molecular flexibility index (Phi) is 5.46. The van der Waals surface area contributed by atoms with Gasteiger partial charge in [-0.3, -0.25) is 9.88 Å². The maximum absolute atomic E-state index is 12.9. The van der Waals surface area contributed by atoms with Crippen LogP contribution in [0.5, 0.6) is 0 Å². The fraction of sp³-hybridized carbons (Fsp3) is 0.667. The first-order valence-electron chi connectivity index (χ1n) is 7.33. The summed E-state index contributed by atoms with van der Waals surface area (Å²) in [7, 11) is 4.34. The summed E-state index contributed by atoms with van der Waals surface area (Å²) < 4.78 is 12.9. The minimum absolute atomic E-state index is 0.191. The molecular weight excluding hydrogens is 255 g/mol. The molecule has 2 atom stereocenters. The molecule has 0 bridgehead atoms. The summed E-state index contributed by atoms with van der Waals surface area (Å²) in [5.41, 5.74) is 0.917. The van der Waals surface area contributed by atoms with E-state index < -0.39 is 0 Å². The predicted octanol–water partition coefficient (Wildman–Crippen LogP) is 1.51. The maximum Gasteiger partial charge on any atom is 0.141 e. The van der Waals surface area contributed by atoms with Crippen LogP contribution >= 0.6 is 0 Å². The van der Waals surface area contributed by atoms with Crippen molar-refractivity contribution in [2.45, 2.75) is 25.4 Å². The van der Waals surface area contributed by atoms with Crippen LogP contribution in [-0.4, -0.2) is 61.1 Å². The van der Waals surface area contributed by atoms with Crippen LogP contribution in [0, 0.1) is 5.82 Å². The Hall–Kier alpha value is -1.04. The van der Waals surface area contributed by atoms with E-state index in [0.29, 0.717) is 6.04 Å². The van der Waals surface area contributed by atoms with E-state index in [1.54, 1.807) is 6.07 Å². The highest BCUT2D eigenvalue weighted by molar-refractivity contribution is 5.09. The average Bonchev–Trinajstić information content (AvgIpc) is 2.45. The van der Waals surface area contributed by atoms with Gasteiger partial charge in [-0.2, -0.15) is 0 Å². The standard InChI is InChI=1S/C15H25FN4/c1-4-14(15-6-5-12(16)9-17-15)18-10-13-11-19(2)7-8-20(13)3/h5-6,9,13-14,18H,4,7-8,10-11H2,1-3H3. The number of likely N-dealkylation sites (N-methyl/N-ethyl adjacent to an activating group) is 2. The molecule has 112 valence electrons. The van der Waals surface area contributed by atoms with E-state index in [-0.39, 0.29) is 11.9 Å². The monoisotopic (exact) mass is 280 g/mol. The summed E-state index contributed by atoms with van der Waals surface area (Å²) in [5.74, 6) is -0.280. The highest BCUT2D eigenvalue weighted by Gasteiger charge is 2.23. The summed E-state index contributed by atoms with van der Waals surface area (Å²) in [6, 6.07) is 3.96. The zero-order chi connectivity index (χ0) is 14.5. The van der Waals surface area contributed by atoms with Gasteiger partial charge in [-0.1, -0.05) is 6.92 Å². The van der Waals surface area contributed by atoms with Crippen LogP contribution < -0.4 is 5.32 Å². The molecule has 2 rings (SSSR count). The molecule has 1 fully saturated rings. The van der Waals surface area contributed by atoms with Crippen molar-refractivity contribution in [1.82, 2.24) is 20.1 Å². The molecule has 1 aliphatic rings. The molecule has 5 heteroatoms. The maximum atomic E-state index is 12.9. The van der Waals surface area contributed by atoms with Gasteiger partial charge in [-0.25, -0.2) is 4.39 Å². The smallest absolute Gasteiger partial charge is 0.141 e. The molecule has 1 aromatic rings. The van der Waals surface area contributed by atoms with Gasteiger partial charge in [0.05, 0.1) is 11.9 Å². The highest BCUT2D eigenvalue weighted by atomic mass is 19.1. The third-order valence-corrected chi connectivity index (χ3v) is 4.10. The van der Waals surface area contributed by atoms with Gasteiger partial charge in [0.25, 0.3) is 0 Å². The average molecular weight is 280 g/mol. The van der Waals surface area contributed by atoms with E-state index >= 15 is 0 Å². The highest BCUT2D eigenvalue weighted by Crippen LogP contribution is 2.15. The molecule has 4 nitrogen and oxygen atoms in total. The Morgan fingerprint density at radius 2 is 2.20 bits per heavy atom. The molecule has 0 radical (unpaired) electrons. The van der Waals surface area contributed by atoms with Crippen LogP contribution in [-0.2, 0) is 0 Å². The van der Waals surface area contributed by atoms with Gasteiger partial charge in [-0.15, -0.1) is 0 Å². The van der Waals surface area contributed by atoms with Crippen LogP contribution in [0.25, 0.3) is 0 Å². The lowest BCUT2D eigenvalue weighted by molar-refractivity contribution is 0.111. The van der Waals surface area contributed by atoms with Gasteiger partial charge in [0.2, 0.25) is 0 Å². The molecule has 0 amide bonds. The second-order valence-electron chi connectivity index (χ2n) is 5.67. The molecule has 1 N–H and O–H groups in total. The second-order valence-corrected chi connectivity index (χ2v) is 5.67. The van der Waals surface area contributed by atoms with E-state index in [0.717, 1.165) is 38.3 Å². The largest absolute Gasteiger partial charge is 0.307 e. The van der Waals surface area contributed by atoms with Crippen LogP contribution in [0.1, 0.15) is 25.1 Å². The van der Waals surface area contributed by atoms with E-state index in [9.17, 15) is 4.39 Å². The Morgan fingerprint density at radius 1 is 1.40 bits per heavy atom. The number of nitrogens with zero attached hydrogens (tertiary/aromatic N) is 3. The molecule has 0 spiro atoms. The number of piperazine rings is 1. The number of aromatic nitrogens is 1. The first kappa shape index (κ1) is 15.4. The number of halogens is 1. The molecule has 1 saturated heterocycles. The Labute approximate surface area is 121 Å². The summed E-state index contributed by atoms with van der Waals surface area (Å²) in [5, 5.41) is 3.57. The van der Waals surface area contributed by atoms with Crippen molar-refractivity contribution in [2.75, 3.05) is 40.3 Å². The Balaban J connectivity index is 1.91. The quantitative estimate of drug-likeness (QED) is 0.886. The third kappa shape index (κ3) is 3.98. The Morgan fingerprint density at radius 3 is 2.85 bits per heavy atom. The lowest BCUT2D eigenvalue weighted by Crippen LogP contribution is -2.54. The predicted molar refractivity (Wildman–Crippen MR) is 79.1 cm³/mol. The normalized spacial score (nSPS) is 22.9. The minimum atomic E-state index is -0.280. The molecule has 1 aliphatic heterocycles. The van der Waals surface area contributed by atoms with Gasteiger partial charge in [-0.05, 0) is 32.6 Å². The first-order valence-corrected chi connectivity index (χ1v) is 7.33. The molecule has 0 aromatic carbocycles. The van der Waals surface area contributed by atoms with Gasteiger partial charge in [0.15, 0.2) is 0 Å². The summed E-state index contributed by atoms with van der Waals surface area (Å²) in [6.45, 7) is 6.37. The van der Waals surface area contributed by atoms with Crippen LogP contribution in [0.4, 0.5) is 4.39 Å². The van der Waals surface area contributed by atoms with Crippen LogP contribution in [0.2, 0.25) is 0 Å². The van der Waals surface area contributed by atoms with Crippen molar-refractivity contribution < 1.29 is 4.39 Å². The number of hydrogen-bond donors (Lipinski definition) is 1. The van der Waals surface area contributed by atoms with Crippen LogP contribution in [0.3, 0.4) is 0 Å². The minimum Gasteiger partial charge on any atom is -0.307 e. The molecule has 2 unspecified atom stereocenters. The molecular formula is C15H25FN4. The van der Waals surface area contributed by atoms with Crippen molar-refractivity contribution in [3.63, 3.8) is 0 Å². The number of hydrogen-bond acceptors (Lipinski definition) is 4. The van der Waals surface area contributed by atoms with Gasteiger partial charge < -0.3 is 10.2 Å². The third-order valence-electron chi connectivity index (χ3n) is 4.10. The van der Waals surface area contributed by atoms with Crippen molar-refractivity contribution in [2.24, 2.45) is 0 Å². The summed E-state index contributed by atoms with van der Waals surface area (Å²) in [4.78, 5) is 8.95. The fourth-order valence-electron chi connectivity index (χ4n) is 2.65. The summed E-state index contributed by atoms with van der Waals surface area (Å²) >= 11 is 0. The van der Waals surface area contributed by atoms with Gasteiger partial charge in [0, 0.05) is 38.3 Å². The SMILES string of the molecule is CCC(NCC1CN(C)CCN1C)c1ccc(F)cn1. The lowest BCUT2D eigenvalue weighted by Gasteiger charge is -2.38. The van der Waals surface area contributed by atoms with Gasteiger partial charge >= 0.3 is 0 Å². The molecule has 20 heavy (non-hydrogen) atoms. The van der Waals surface area contributed by atoms with E-state index in [1.807, 2.05) is 0 Å². The fourth-order valence-corrected chi connectivity index (χ4v) is 2.65. The number of nitrogens with one attached hydrogen (secondary N) is 1. The first-order chi connectivity index (χ1) is 9.60. The zero-order valence-corrected chi connectivity index (χ0v) is 12.6. The van der Waals surface area contributed by atoms with E-state index in [2.05, 4.69) is 41.1 Å². The number of rotatable bonds is 5. The van der Waals surface area contributed by atoms with Crippen LogP contribution in [0.15, 0.2) is 18.3 Å². The topological polar surface area (TPSA) is 31.4 Å². The number of pyridine rings is 1. The molecule has 2 heterocycles. The molecule has 0 aliphatic carbocycles. The van der Waals surface area contributed by atoms with Crippen molar-refractivity contribution in [3.05, 3.63) is 29.8 Å². The van der Waals surface area contributed by atoms with Crippen molar-refractivity contribution in [3.8, 4) is 0 Å². The molecule has 1 aromatic heterocycles. The Bertz CT molecular complexity index is 409.